The molecule has 1 unspecified atom stereocenters. The highest BCUT2D eigenvalue weighted by molar-refractivity contribution is 5.73. The minimum atomic E-state index is -1.64. The van der Waals surface area contributed by atoms with Gasteiger partial charge in [0, 0.05) is 25.6 Å². The number of rotatable bonds is 10. The Balaban J connectivity index is 0.00000364. The Morgan fingerprint density at radius 1 is 1.04 bits per heavy atom. The van der Waals surface area contributed by atoms with E-state index in [2.05, 4.69) is 34.6 Å². The van der Waals surface area contributed by atoms with E-state index in [1.807, 2.05) is 18.2 Å². The second-order valence-electron chi connectivity index (χ2n) is 6.58. The summed E-state index contributed by atoms with van der Waals surface area (Å²) in [6, 6.07) is 15.9. The van der Waals surface area contributed by atoms with Crippen molar-refractivity contribution in [3.05, 3.63) is 65.5 Å². The summed E-state index contributed by atoms with van der Waals surface area (Å²) in [7, 11) is 0. The third kappa shape index (κ3) is 7.46. The molecule has 0 bridgehead atoms. The Morgan fingerprint density at radius 3 is 2.41 bits per heavy atom. The van der Waals surface area contributed by atoms with Gasteiger partial charge in [-0.1, -0.05) is 42.8 Å². The first kappa shape index (κ1) is 22.8. The maximum atomic E-state index is 11.4. The molecule has 0 aliphatic rings. The molecule has 0 aliphatic carbocycles. The van der Waals surface area contributed by atoms with Crippen molar-refractivity contribution in [1.82, 2.24) is 10.3 Å². The van der Waals surface area contributed by atoms with Gasteiger partial charge in [0.05, 0.1) is 5.69 Å². The van der Waals surface area contributed by atoms with Gasteiger partial charge in [-0.2, -0.15) is 0 Å². The molecular weight excluding hydrogens is 344 g/mol. The number of nitrogens with zero attached hydrogens (tertiary/aromatic N) is 1. The van der Waals surface area contributed by atoms with Crippen molar-refractivity contribution in [3.8, 4) is 0 Å². The van der Waals surface area contributed by atoms with E-state index in [-0.39, 0.29) is 24.4 Å². The van der Waals surface area contributed by atoms with Gasteiger partial charge in [0.15, 0.2) is 5.72 Å². The van der Waals surface area contributed by atoms with E-state index in [4.69, 9.17) is 0 Å². The lowest BCUT2D eigenvalue weighted by atomic mass is 10.0. The Morgan fingerprint density at radius 2 is 1.74 bits per heavy atom. The average molecular weight is 374 g/mol. The third-order valence-corrected chi connectivity index (χ3v) is 4.33. The number of unbranched alkanes of at least 4 members (excludes halogenated alkanes) is 2. The molecule has 6 nitrogen and oxygen atoms in total. The van der Waals surface area contributed by atoms with Crippen LogP contribution in [0.15, 0.2) is 48.5 Å². The summed E-state index contributed by atoms with van der Waals surface area (Å²) in [6.07, 6.45) is 5.14. The van der Waals surface area contributed by atoms with Crippen molar-refractivity contribution in [1.29, 1.82) is 0 Å². The van der Waals surface area contributed by atoms with Crippen molar-refractivity contribution in [2.75, 3.05) is 6.61 Å². The zero-order chi connectivity index (χ0) is 18.8. The summed E-state index contributed by atoms with van der Waals surface area (Å²) >= 11 is 0. The van der Waals surface area contributed by atoms with Crippen LogP contribution in [0.2, 0.25) is 0 Å². The Bertz CT molecular complexity index is 694. The monoisotopic (exact) mass is 374 g/mol. The molecule has 0 saturated carbocycles. The quantitative estimate of drug-likeness (QED) is 0.435. The van der Waals surface area contributed by atoms with Crippen LogP contribution in [0.25, 0.3) is 0 Å². The van der Waals surface area contributed by atoms with Crippen LogP contribution in [-0.4, -0.2) is 33.2 Å². The maximum absolute atomic E-state index is 11.4. The van der Waals surface area contributed by atoms with Gasteiger partial charge < -0.3 is 21.0 Å². The largest absolute Gasteiger partial charge is 0.412 e. The highest BCUT2D eigenvalue weighted by atomic mass is 16.3. The molecular formula is C21H30N2O4. The number of aromatic nitrogens is 1. The molecule has 27 heavy (non-hydrogen) atoms. The highest BCUT2D eigenvalue weighted by Gasteiger charge is 2.31. The van der Waals surface area contributed by atoms with Crippen LogP contribution in [0.4, 0.5) is 0 Å². The van der Waals surface area contributed by atoms with Crippen LogP contribution < -0.4 is 5.32 Å². The summed E-state index contributed by atoms with van der Waals surface area (Å²) in [5, 5.41) is 22.3. The van der Waals surface area contributed by atoms with E-state index in [1.165, 1.54) is 12.5 Å². The van der Waals surface area contributed by atoms with E-state index >= 15 is 0 Å². The molecule has 1 heterocycles. The van der Waals surface area contributed by atoms with E-state index in [0.29, 0.717) is 5.69 Å². The van der Waals surface area contributed by atoms with Crippen LogP contribution in [-0.2, 0) is 23.4 Å². The predicted octanol–water partition coefficient (Wildman–Crippen LogP) is 1.88. The predicted molar refractivity (Wildman–Crippen MR) is 105 cm³/mol. The SMILES string of the molecule is CC(=O)NC(O)(CCO)c1cccc(CCCCCc2ccccc2)n1.O. The van der Waals surface area contributed by atoms with Crippen molar-refractivity contribution in [2.45, 2.75) is 51.2 Å². The topological polar surface area (TPSA) is 114 Å². The number of benzene rings is 1. The first-order chi connectivity index (χ1) is 12.5. The molecule has 1 amide bonds. The first-order valence-corrected chi connectivity index (χ1v) is 9.16. The Kier molecular flexibility index (Phi) is 9.64. The molecule has 1 atom stereocenters. The summed E-state index contributed by atoms with van der Waals surface area (Å²) in [4.78, 5) is 15.9. The fourth-order valence-electron chi connectivity index (χ4n) is 3.01. The molecule has 148 valence electrons. The minimum absolute atomic E-state index is 0. The first-order valence-electron chi connectivity index (χ1n) is 9.16. The van der Waals surface area contributed by atoms with Gasteiger partial charge in [0.2, 0.25) is 5.91 Å². The fraction of sp³-hybridized carbons (Fsp3) is 0.429. The van der Waals surface area contributed by atoms with Gasteiger partial charge in [-0.15, -0.1) is 0 Å². The molecule has 0 saturated heterocycles. The number of amides is 1. The molecule has 0 aliphatic heterocycles. The second kappa shape index (κ2) is 11.4. The highest BCUT2D eigenvalue weighted by Crippen LogP contribution is 2.21. The molecule has 6 heteroatoms. The van der Waals surface area contributed by atoms with Crippen molar-refractivity contribution in [2.24, 2.45) is 0 Å². The van der Waals surface area contributed by atoms with Crippen molar-refractivity contribution in [3.63, 3.8) is 0 Å². The van der Waals surface area contributed by atoms with E-state index in [1.54, 1.807) is 6.07 Å². The normalized spacial score (nSPS) is 12.7. The van der Waals surface area contributed by atoms with Crippen LogP contribution in [0.5, 0.6) is 0 Å². The van der Waals surface area contributed by atoms with Gasteiger partial charge in [0.1, 0.15) is 0 Å². The molecule has 0 fully saturated rings. The van der Waals surface area contributed by atoms with Crippen molar-refractivity contribution >= 4 is 5.91 Å². The van der Waals surface area contributed by atoms with Crippen LogP contribution in [0, 0.1) is 0 Å². The van der Waals surface area contributed by atoms with E-state index in [9.17, 15) is 15.0 Å². The van der Waals surface area contributed by atoms with Crippen LogP contribution in [0.3, 0.4) is 0 Å². The number of aliphatic hydroxyl groups excluding tert-OH is 1. The average Bonchev–Trinajstić information content (AvgIpc) is 2.62. The standard InChI is InChI=1S/C21H28N2O3.H2O/c1-17(25)23-21(26,15-16-24)20-14-8-13-19(22-20)12-7-3-6-11-18-9-4-2-5-10-18;/h2,4-5,8-10,13-14,24,26H,3,6-7,11-12,15-16H2,1H3,(H,23,25);1H2. The van der Waals surface area contributed by atoms with Gasteiger partial charge in [-0.3, -0.25) is 9.78 Å². The molecule has 5 N–H and O–H groups in total. The lowest BCUT2D eigenvalue weighted by molar-refractivity contribution is -0.128. The summed E-state index contributed by atoms with van der Waals surface area (Å²) < 4.78 is 0. The minimum Gasteiger partial charge on any atom is -0.412 e. The smallest absolute Gasteiger partial charge is 0.219 e. The van der Waals surface area contributed by atoms with Gasteiger partial charge >= 0.3 is 0 Å². The lowest BCUT2D eigenvalue weighted by Gasteiger charge is -2.27. The molecule has 2 rings (SSSR count). The number of aliphatic hydroxyl groups is 2. The maximum Gasteiger partial charge on any atom is 0.219 e. The molecule has 2 aromatic rings. The number of hydrogen-bond donors (Lipinski definition) is 3. The number of carbonyl (C=O) groups excluding carboxylic acids is 1. The summed E-state index contributed by atoms with van der Waals surface area (Å²) in [5.74, 6) is -0.367. The van der Waals surface area contributed by atoms with E-state index in [0.717, 1.165) is 37.8 Å². The van der Waals surface area contributed by atoms with Gasteiger partial charge in [-0.05, 0) is 43.4 Å². The number of pyridine rings is 1. The number of aryl methyl sites for hydroxylation is 2. The van der Waals surface area contributed by atoms with Crippen molar-refractivity contribution < 1.29 is 20.5 Å². The van der Waals surface area contributed by atoms with Crippen LogP contribution >= 0.6 is 0 Å². The summed E-state index contributed by atoms with van der Waals surface area (Å²) in [5.41, 5.74) is 0.966. The second-order valence-corrected chi connectivity index (χ2v) is 6.58. The van der Waals surface area contributed by atoms with E-state index < -0.39 is 5.72 Å². The Labute approximate surface area is 160 Å². The summed E-state index contributed by atoms with van der Waals surface area (Å²) in [6.45, 7) is 1.08. The number of nitrogens with one attached hydrogen (secondary N) is 1. The fourth-order valence-corrected chi connectivity index (χ4v) is 3.01. The number of hydrogen-bond acceptors (Lipinski definition) is 4. The van der Waals surface area contributed by atoms with Gasteiger partial charge in [0.25, 0.3) is 0 Å². The molecule has 0 radical (unpaired) electrons. The van der Waals surface area contributed by atoms with Gasteiger partial charge in [-0.25, -0.2) is 0 Å². The Hall–Kier alpha value is -2.28. The number of carbonyl (C=O) groups is 1. The zero-order valence-corrected chi connectivity index (χ0v) is 15.8. The third-order valence-electron chi connectivity index (χ3n) is 4.33. The zero-order valence-electron chi connectivity index (χ0n) is 15.8. The lowest BCUT2D eigenvalue weighted by Crippen LogP contribution is -2.46. The molecule has 1 aromatic heterocycles. The molecule has 0 spiro atoms. The molecule has 1 aromatic carbocycles. The van der Waals surface area contributed by atoms with Crippen LogP contribution in [0.1, 0.15) is 49.6 Å².